The molecule has 0 aliphatic rings. The summed E-state index contributed by atoms with van der Waals surface area (Å²) in [7, 11) is 0. The molecule has 0 unspecified atom stereocenters. The van der Waals surface area contributed by atoms with Gasteiger partial charge in [-0.05, 0) is 12.8 Å². The van der Waals surface area contributed by atoms with E-state index < -0.39 is 0 Å². The molecular weight excluding hydrogens is 110 g/mol. The van der Waals surface area contributed by atoms with E-state index in [0.717, 1.165) is 25.0 Å². The van der Waals surface area contributed by atoms with E-state index in [1.165, 1.54) is 6.42 Å². The number of unbranched alkanes of at least 4 members (excludes halogenated alkanes) is 1. The maximum atomic E-state index is 5.63. The summed E-state index contributed by atoms with van der Waals surface area (Å²) in [5.41, 5.74) is 6.69. The van der Waals surface area contributed by atoms with Gasteiger partial charge in [-0.3, -0.25) is 0 Å². The molecule has 0 aromatic carbocycles. The Hall–Kier alpha value is -0.460. The van der Waals surface area contributed by atoms with Crippen LogP contribution in [-0.4, -0.2) is 0 Å². The van der Waals surface area contributed by atoms with Gasteiger partial charge in [0.15, 0.2) is 0 Å². The Morgan fingerprint density at radius 1 is 1.33 bits per heavy atom. The SMILES string of the molecule is CCCC=C(N)CCC. The van der Waals surface area contributed by atoms with Crippen molar-refractivity contribution in [1.29, 1.82) is 0 Å². The van der Waals surface area contributed by atoms with E-state index in [2.05, 4.69) is 19.9 Å². The van der Waals surface area contributed by atoms with E-state index in [9.17, 15) is 0 Å². The third kappa shape index (κ3) is 5.41. The molecule has 54 valence electrons. The van der Waals surface area contributed by atoms with Crippen molar-refractivity contribution in [2.45, 2.75) is 39.5 Å². The molecule has 0 spiro atoms. The van der Waals surface area contributed by atoms with E-state index in [1.54, 1.807) is 0 Å². The molecule has 0 aliphatic carbocycles. The van der Waals surface area contributed by atoms with E-state index >= 15 is 0 Å². The molecule has 0 saturated carbocycles. The number of hydrogen-bond donors (Lipinski definition) is 1. The van der Waals surface area contributed by atoms with Crippen molar-refractivity contribution in [3.63, 3.8) is 0 Å². The van der Waals surface area contributed by atoms with Crippen LogP contribution in [0.3, 0.4) is 0 Å². The highest BCUT2D eigenvalue weighted by Gasteiger charge is 1.84. The average Bonchev–Trinajstić information content (AvgIpc) is 1.85. The first kappa shape index (κ1) is 8.54. The first-order valence-electron chi connectivity index (χ1n) is 3.75. The van der Waals surface area contributed by atoms with Gasteiger partial charge in [0.2, 0.25) is 0 Å². The van der Waals surface area contributed by atoms with E-state index in [1.807, 2.05) is 0 Å². The van der Waals surface area contributed by atoms with Gasteiger partial charge in [0.25, 0.3) is 0 Å². The van der Waals surface area contributed by atoms with Gasteiger partial charge in [-0.2, -0.15) is 0 Å². The van der Waals surface area contributed by atoms with Crippen LogP contribution < -0.4 is 5.73 Å². The molecule has 1 nitrogen and oxygen atoms in total. The van der Waals surface area contributed by atoms with Crippen molar-refractivity contribution in [1.82, 2.24) is 0 Å². The van der Waals surface area contributed by atoms with E-state index in [4.69, 9.17) is 5.73 Å². The van der Waals surface area contributed by atoms with Crippen molar-refractivity contribution in [3.05, 3.63) is 11.8 Å². The maximum absolute atomic E-state index is 5.63. The van der Waals surface area contributed by atoms with Gasteiger partial charge in [-0.15, -0.1) is 0 Å². The van der Waals surface area contributed by atoms with Gasteiger partial charge in [0.1, 0.15) is 0 Å². The summed E-state index contributed by atoms with van der Waals surface area (Å²) in [6.45, 7) is 4.31. The lowest BCUT2D eigenvalue weighted by atomic mass is 10.2. The second-order valence-electron chi connectivity index (χ2n) is 2.32. The van der Waals surface area contributed by atoms with Gasteiger partial charge in [-0.1, -0.05) is 32.8 Å². The van der Waals surface area contributed by atoms with Crippen LogP contribution in [0.4, 0.5) is 0 Å². The Morgan fingerprint density at radius 3 is 2.44 bits per heavy atom. The fraction of sp³-hybridized carbons (Fsp3) is 0.750. The van der Waals surface area contributed by atoms with Crippen LogP contribution in [0.2, 0.25) is 0 Å². The van der Waals surface area contributed by atoms with Crippen LogP contribution in [0.5, 0.6) is 0 Å². The van der Waals surface area contributed by atoms with Gasteiger partial charge in [0, 0.05) is 5.70 Å². The second kappa shape index (κ2) is 5.67. The zero-order chi connectivity index (χ0) is 7.11. The zero-order valence-electron chi connectivity index (χ0n) is 6.48. The number of hydrogen-bond acceptors (Lipinski definition) is 1. The van der Waals surface area contributed by atoms with Crippen LogP contribution in [0.15, 0.2) is 11.8 Å². The fourth-order valence-electron chi connectivity index (χ4n) is 0.720. The minimum Gasteiger partial charge on any atom is -0.402 e. The Balaban J connectivity index is 3.30. The smallest absolute Gasteiger partial charge is 0.00398 e. The predicted octanol–water partition coefficient (Wildman–Crippen LogP) is 2.43. The minimum atomic E-state index is 1.05. The lowest BCUT2D eigenvalue weighted by Gasteiger charge is -1.95. The van der Waals surface area contributed by atoms with Crippen molar-refractivity contribution in [3.8, 4) is 0 Å². The molecule has 2 N–H and O–H groups in total. The molecule has 0 heterocycles. The normalized spacial score (nSPS) is 12.0. The summed E-state index contributed by atoms with van der Waals surface area (Å²) in [6.07, 6.45) is 6.67. The van der Waals surface area contributed by atoms with Gasteiger partial charge in [-0.25, -0.2) is 0 Å². The van der Waals surface area contributed by atoms with Crippen molar-refractivity contribution in [2.24, 2.45) is 5.73 Å². The van der Waals surface area contributed by atoms with Crippen molar-refractivity contribution < 1.29 is 0 Å². The third-order valence-electron chi connectivity index (χ3n) is 1.23. The summed E-state index contributed by atoms with van der Waals surface area (Å²) in [5.74, 6) is 0. The molecule has 0 bridgehead atoms. The monoisotopic (exact) mass is 127 g/mol. The highest BCUT2D eigenvalue weighted by Crippen LogP contribution is 1.99. The molecule has 0 amide bonds. The van der Waals surface area contributed by atoms with Crippen LogP contribution in [0.25, 0.3) is 0 Å². The second-order valence-corrected chi connectivity index (χ2v) is 2.32. The quantitative estimate of drug-likeness (QED) is 0.616. The largest absolute Gasteiger partial charge is 0.402 e. The van der Waals surface area contributed by atoms with Crippen LogP contribution >= 0.6 is 0 Å². The molecule has 0 saturated heterocycles. The van der Waals surface area contributed by atoms with Crippen LogP contribution in [0.1, 0.15) is 39.5 Å². The van der Waals surface area contributed by atoms with Crippen molar-refractivity contribution >= 4 is 0 Å². The summed E-state index contributed by atoms with van der Waals surface area (Å²) in [4.78, 5) is 0. The molecule has 0 aromatic rings. The van der Waals surface area contributed by atoms with Gasteiger partial charge in [0.05, 0.1) is 0 Å². The predicted molar refractivity (Wildman–Crippen MR) is 42.1 cm³/mol. The molecule has 0 aliphatic heterocycles. The highest BCUT2D eigenvalue weighted by atomic mass is 14.6. The first-order valence-corrected chi connectivity index (χ1v) is 3.75. The van der Waals surface area contributed by atoms with Crippen molar-refractivity contribution in [2.75, 3.05) is 0 Å². The standard InChI is InChI=1S/C8H17N/c1-3-5-7-8(9)6-4-2/h7H,3-6,9H2,1-2H3. The summed E-state index contributed by atoms with van der Waals surface area (Å²) in [5, 5.41) is 0. The van der Waals surface area contributed by atoms with Crippen LogP contribution in [-0.2, 0) is 0 Å². The lowest BCUT2D eigenvalue weighted by molar-refractivity contribution is 0.865. The van der Waals surface area contributed by atoms with Crippen LogP contribution in [0, 0.1) is 0 Å². The number of rotatable bonds is 4. The summed E-state index contributed by atoms with van der Waals surface area (Å²) >= 11 is 0. The maximum Gasteiger partial charge on any atom is 0.00398 e. The molecule has 0 rings (SSSR count). The molecule has 0 fully saturated rings. The Morgan fingerprint density at radius 2 is 2.00 bits per heavy atom. The van der Waals surface area contributed by atoms with Gasteiger partial charge >= 0.3 is 0 Å². The van der Waals surface area contributed by atoms with E-state index in [-0.39, 0.29) is 0 Å². The number of allylic oxidation sites excluding steroid dienone is 2. The molecular formula is C8H17N. The lowest BCUT2D eigenvalue weighted by Crippen LogP contribution is -1.95. The molecule has 0 aromatic heterocycles. The summed E-state index contributed by atoms with van der Waals surface area (Å²) < 4.78 is 0. The zero-order valence-corrected chi connectivity index (χ0v) is 6.48. The molecule has 0 atom stereocenters. The molecule has 1 heteroatoms. The van der Waals surface area contributed by atoms with Gasteiger partial charge < -0.3 is 5.73 Å². The Labute approximate surface area is 57.9 Å². The summed E-state index contributed by atoms with van der Waals surface area (Å²) in [6, 6.07) is 0. The highest BCUT2D eigenvalue weighted by molar-refractivity contribution is 4.95. The topological polar surface area (TPSA) is 26.0 Å². The third-order valence-corrected chi connectivity index (χ3v) is 1.23. The molecule has 0 radical (unpaired) electrons. The van der Waals surface area contributed by atoms with E-state index in [0.29, 0.717) is 0 Å². The first-order chi connectivity index (χ1) is 4.31. The average molecular weight is 127 g/mol. The Bertz CT molecular complexity index is 84.6. The number of nitrogens with two attached hydrogens (primary N) is 1. The molecule has 9 heavy (non-hydrogen) atoms. The minimum absolute atomic E-state index is 1.05. The Kier molecular flexibility index (Phi) is 5.38. The fourth-order valence-corrected chi connectivity index (χ4v) is 0.720.